The minimum Gasteiger partial charge on any atom is -0.323 e. The molecule has 0 radical (unpaired) electrons. The van der Waals surface area contributed by atoms with Gasteiger partial charge in [-0.15, -0.1) is 0 Å². The Hall–Kier alpha value is -1.97. The Morgan fingerprint density at radius 3 is 2.30 bits per heavy atom. The topological polar surface area (TPSA) is 90.0 Å². The highest BCUT2D eigenvalue weighted by Gasteiger charge is 2.56. The molecule has 3 amide bonds. The lowest BCUT2D eigenvalue weighted by Crippen LogP contribution is -2.53. The zero-order valence-electron chi connectivity index (χ0n) is 15.3. The summed E-state index contributed by atoms with van der Waals surface area (Å²) >= 11 is 0. The van der Waals surface area contributed by atoms with Crippen molar-refractivity contribution in [1.82, 2.24) is 19.4 Å². The molecular weight excluding hydrogens is 368 g/mol. The Kier molecular flexibility index (Phi) is 4.48. The van der Waals surface area contributed by atoms with E-state index in [0.29, 0.717) is 26.2 Å². The second kappa shape index (κ2) is 6.57. The molecule has 0 aromatic heterocycles. The number of nitrogens with one attached hydrogen (secondary N) is 1. The van der Waals surface area contributed by atoms with Gasteiger partial charge in [0.1, 0.15) is 5.54 Å². The number of piperazine rings is 1. The van der Waals surface area contributed by atoms with E-state index in [2.05, 4.69) is 5.32 Å². The number of rotatable bonds is 5. The maximum absolute atomic E-state index is 12.7. The fraction of sp³-hybridized carbons (Fsp3) is 0.556. The van der Waals surface area contributed by atoms with E-state index in [1.807, 2.05) is 4.90 Å². The highest BCUT2D eigenvalue weighted by Crippen LogP contribution is 2.42. The van der Waals surface area contributed by atoms with Gasteiger partial charge in [0, 0.05) is 26.2 Å². The predicted molar refractivity (Wildman–Crippen MR) is 98.1 cm³/mol. The quantitative estimate of drug-likeness (QED) is 0.744. The maximum atomic E-state index is 12.7. The monoisotopic (exact) mass is 392 g/mol. The highest BCUT2D eigenvalue weighted by molar-refractivity contribution is 7.89. The van der Waals surface area contributed by atoms with Gasteiger partial charge >= 0.3 is 6.03 Å². The van der Waals surface area contributed by atoms with E-state index >= 15 is 0 Å². The summed E-state index contributed by atoms with van der Waals surface area (Å²) in [4.78, 5) is 28.5. The molecule has 2 saturated heterocycles. The van der Waals surface area contributed by atoms with Gasteiger partial charge in [-0.1, -0.05) is 18.2 Å². The van der Waals surface area contributed by atoms with Crippen LogP contribution in [0.2, 0.25) is 0 Å². The summed E-state index contributed by atoms with van der Waals surface area (Å²) in [7, 11) is -3.51. The standard InChI is InChI=1S/C18H24N4O4S/c1-18(14-7-8-14)16(23)22(17(24)19-18)13-20-9-11-21(12-10-20)27(25,26)15-5-3-2-4-6-15/h2-6,14H,7-13H2,1H3,(H,19,24)/t18-/m1/s1. The van der Waals surface area contributed by atoms with Crippen LogP contribution in [-0.4, -0.2) is 72.8 Å². The first-order valence-corrected chi connectivity index (χ1v) is 10.7. The Labute approximate surface area is 159 Å². The first-order valence-electron chi connectivity index (χ1n) is 9.24. The van der Waals surface area contributed by atoms with Crippen LogP contribution >= 0.6 is 0 Å². The molecule has 1 aliphatic carbocycles. The zero-order valence-corrected chi connectivity index (χ0v) is 16.1. The van der Waals surface area contributed by atoms with Crippen molar-refractivity contribution in [3.63, 3.8) is 0 Å². The fourth-order valence-electron chi connectivity index (χ4n) is 3.83. The average molecular weight is 392 g/mol. The summed E-state index contributed by atoms with van der Waals surface area (Å²) in [6.07, 6.45) is 1.93. The van der Waals surface area contributed by atoms with Crippen LogP contribution in [0.15, 0.2) is 35.2 Å². The smallest absolute Gasteiger partial charge is 0.323 e. The summed E-state index contributed by atoms with van der Waals surface area (Å²) in [5, 5.41) is 2.84. The van der Waals surface area contributed by atoms with Gasteiger partial charge in [-0.2, -0.15) is 4.31 Å². The second-order valence-electron chi connectivity index (χ2n) is 7.62. The molecule has 9 heteroatoms. The van der Waals surface area contributed by atoms with E-state index in [0.717, 1.165) is 12.8 Å². The van der Waals surface area contributed by atoms with Crippen LogP contribution in [0.1, 0.15) is 19.8 Å². The third-order valence-electron chi connectivity index (χ3n) is 5.75. The van der Waals surface area contributed by atoms with Crippen LogP contribution in [0.3, 0.4) is 0 Å². The average Bonchev–Trinajstić information content (AvgIpc) is 3.49. The minimum absolute atomic E-state index is 0.172. The molecule has 1 saturated carbocycles. The summed E-state index contributed by atoms with van der Waals surface area (Å²) in [5.41, 5.74) is -0.782. The number of sulfonamides is 1. The Morgan fingerprint density at radius 1 is 1.07 bits per heavy atom. The molecule has 2 aliphatic heterocycles. The molecular formula is C18H24N4O4S. The summed E-state index contributed by atoms with van der Waals surface area (Å²) in [5.74, 6) is 0.0566. The Bertz CT molecular complexity index is 847. The molecule has 27 heavy (non-hydrogen) atoms. The molecule has 0 unspecified atom stereocenters. The van der Waals surface area contributed by atoms with Crippen molar-refractivity contribution in [3.8, 4) is 0 Å². The number of carbonyl (C=O) groups excluding carboxylic acids is 2. The van der Waals surface area contributed by atoms with Gasteiger partial charge in [0.05, 0.1) is 11.6 Å². The summed E-state index contributed by atoms with van der Waals surface area (Å²) in [6.45, 7) is 3.62. The van der Waals surface area contributed by atoms with E-state index in [9.17, 15) is 18.0 Å². The van der Waals surface area contributed by atoms with E-state index in [1.54, 1.807) is 37.3 Å². The van der Waals surface area contributed by atoms with E-state index in [-0.39, 0.29) is 29.4 Å². The van der Waals surface area contributed by atoms with Crippen LogP contribution in [0.5, 0.6) is 0 Å². The van der Waals surface area contributed by atoms with Crippen molar-refractivity contribution < 1.29 is 18.0 Å². The predicted octanol–water partition coefficient (Wildman–Crippen LogP) is 0.671. The highest BCUT2D eigenvalue weighted by atomic mass is 32.2. The van der Waals surface area contributed by atoms with Crippen LogP contribution in [-0.2, 0) is 14.8 Å². The van der Waals surface area contributed by atoms with Crippen molar-refractivity contribution in [3.05, 3.63) is 30.3 Å². The van der Waals surface area contributed by atoms with Gasteiger partial charge in [0.25, 0.3) is 5.91 Å². The van der Waals surface area contributed by atoms with Crippen LogP contribution in [0, 0.1) is 5.92 Å². The minimum atomic E-state index is -3.51. The maximum Gasteiger partial charge on any atom is 0.326 e. The van der Waals surface area contributed by atoms with Gasteiger partial charge in [-0.05, 0) is 37.8 Å². The molecule has 1 N–H and O–H groups in total. The molecule has 1 aromatic carbocycles. The number of hydrogen-bond acceptors (Lipinski definition) is 5. The van der Waals surface area contributed by atoms with Crippen LogP contribution in [0.4, 0.5) is 4.79 Å². The normalized spacial score (nSPS) is 27.8. The fourth-order valence-corrected chi connectivity index (χ4v) is 5.28. The van der Waals surface area contributed by atoms with Gasteiger partial charge < -0.3 is 5.32 Å². The second-order valence-corrected chi connectivity index (χ2v) is 9.55. The molecule has 1 atom stereocenters. The third kappa shape index (κ3) is 3.24. The van der Waals surface area contributed by atoms with Crippen molar-refractivity contribution >= 4 is 22.0 Å². The molecule has 3 aliphatic rings. The van der Waals surface area contributed by atoms with Crippen LogP contribution < -0.4 is 5.32 Å². The SMILES string of the molecule is C[C@]1(C2CC2)NC(=O)N(CN2CCN(S(=O)(=O)c3ccccc3)CC2)C1=O. The van der Waals surface area contributed by atoms with Crippen LogP contribution in [0.25, 0.3) is 0 Å². The molecule has 146 valence electrons. The molecule has 3 fully saturated rings. The van der Waals surface area contributed by atoms with E-state index in [4.69, 9.17) is 0 Å². The van der Waals surface area contributed by atoms with E-state index in [1.165, 1.54) is 9.21 Å². The summed E-state index contributed by atoms with van der Waals surface area (Å²) < 4.78 is 26.8. The van der Waals surface area contributed by atoms with Crippen molar-refractivity contribution in [2.24, 2.45) is 5.92 Å². The van der Waals surface area contributed by atoms with Crippen molar-refractivity contribution in [1.29, 1.82) is 0 Å². The number of benzene rings is 1. The first kappa shape index (κ1) is 18.4. The Morgan fingerprint density at radius 2 is 1.70 bits per heavy atom. The van der Waals surface area contributed by atoms with Gasteiger partial charge in [0.2, 0.25) is 10.0 Å². The number of amides is 3. The molecule has 1 aromatic rings. The zero-order chi connectivity index (χ0) is 19.2. The third-order valence-corrected chi connectivity index (χ3v) is 7.66. The first-order chi connectivity index (χ1) is 12.8. The van der Waals surface area contributed by atoms with Gasteiger partial charge in [0.15, 0.2) is 0 Å². The lowest BCUT2D eigenvalue weighted by atomic mass is 9.96. The van der Waals surface area contributed by atoms with Gasteiger partial charge in [-0.3, -0.25) is 9.69 Å². The van der Waals surface area contributed by atoms with E-state index < -0.39 is 15.6 Å². The lowest BCUT2D eigenvalue weighted by molar-refractivity contribution is -0.133. The van der Waals surface area contributed by atoms with Crippen molar-refractivity contribution in [2.45, 2.75) is 30.2 Å². The van der Waals surface area contributed by atoms with Gasteiger partial charge in [-0.25, -0.2) is 18.1 Å². The molecule has 0 spiro atoms. The Balaban J connectivity index is 1.37. The molecule has 0 bridgehead atoms. The number of urea groups is 1. The van der Waals surface area contributed by atoms with Crippen molar-refractivity contribution in [2.75, 3.05) is 32.8 Å². The number of carbonyl (C=O) groups is 2. The molecule has 8 nitrogen and oxygen atoms in total. The molecule has 2 heterocycles. The number of nitrogens with zero attached hydrogens (tertiary/aromatic N) is 3. The molecule has 4 rings (SSSR count). The largest absolute Gasteiger partial charge is 0.326 e. The number of imide groups is 1. The summed E-state index contributed by atoms with van der Waals surface area (Å²) in [6, 6.07) is 8.02. The number of hydrogen-bond donors (Lipinski definition) is 1. The lowest BCUT2D eigenvalue weighted by Gasteiger charge is -2.35.